The summed E-state index contributed by atoms with van der Waals surface area (Å²) in [6.07, 6.45) is 10.8. The van der Waals surface area contributed by atoms with Crippen LogP contribution in [0.2, 0.25) is 0 Å². The van der Waals surface area contributed by atoms with Gasteiger partial charge in [0.05, 0.1) is 5.39 Å². The minimum atomic E-state index is 0.563. The van der Waals surface area contributed by atoms with Crippen LogP contribution in [0.4, 0.5) is 5.82 Å². The average molecular weight is 387 g/mol. The van der Waals surface area contributed by atoms with Gasteiger partial charge in [0.25, 0.3) is 0 Å². The first-order valence-electron chi connectivity index (χ1n) is 10.4. The maximum atomic E-state index is 6.25. The van der Waals surface area contributed by atoms with E-state index in [9.17, 15) is 0 Å². The Balaban J connectivity index is 1.63. The van der Waals surface area contributed by atoms with Crippen molar-refractivity contribution in [2.45, 2.75) is 52.5 Å². The van der Waals surface area contributed by atoms with Crippen molar-refractivity contribution in [1.29, 1.82) is 0 Å². The molecule has 0 fully saturated rings. The zero-order chi connectivity index (χ0) is 19.8. The van der Waals surface area contributed by atoms with Crippen molar-refractivity contribution in [2.75, 3.05) is 5.32 Å². The van der Waals surface area contributed by atoms with Crippen LogP contribution in [-0.4, -0.2) is 19.9 Å². The molecule has 4 heterocycles. The van der Waals surface area contributed by atoms with Crippen LogP contribution in [-0.2, 0) is 25.8 Å². The second-order valence-electron chi connectivity index (χ2n) is 8.21. The Hall–Kier alpha value is -3.02. The zero-order valence-electron chi connectivity index (χ0n) is 16.9. The van der Waals surface area contributed by atoms with Gasteiger partial charge in [-0.05, 0) is 66.8 Å². The number of rotatable bonds is 5. The summed E-state index contributed by atoms with van der Waals surface area (Å²) in [7, 11) is 0. The maximum absolute atomic E-state index is 6.25. The standard InChI is InChI=1S/C23H25N5O/c1-14(2)11-18-16-5-3-4-6-17(16)19-20-21(29-23(19)28-18)22(27-13-26-20)25-12-15-7-9-24-10-8-15/h7-10,13-14H,3-6,11-12H2,1-2H3,(H,25,26,27). The summed E-state index contributed by atoms with van der Waals surface area (Å²) in [5.41, 5.74) is 7.40. The second-order valence-corrected chi connectivity index (χ2v) is 8.21. The van der Waals surface area contributed by atoms with E-state index in [0.29, 0.717) is 29.6 Å². The summed E-state index contributed by atoms with van der Waals surface area (Å²) in [5.74, 6) is 1.27. The highest BCUT2D eigenvalue weighted by Crippen LogP contribution is 2.37. The Kier molecular flexibility index (Phi) is 4.62. The molecule has 4 aromatic heterocycles. The van der Waals surface area contributed by atoms with Gasteiger partial charge in [-0.15, -0.1) is 0 Å². The normalized spacial score (nSPS) is 13.9. The van der Waals surface area contributed by atoms with Crippen molar-refractivity contribution in [2.24, 2.45) is 5.92 Å². The Morgan fingerprint density at radius 2 is 1.86 bits per heavy atom. The maximum Gasteiger partial charge on any atom is 0.229 e. The Morgan fingerprint density at radius 1 is 1.07 bits per heavy atom. The molecule has 0 aliphatic heterocycles. The topological polar surface area (TPSA) is 76.7 Å². The third-order valence-corrected chi connectivity index (χ3v) is 5.62. The van der Waals surface area contributed by atoms with Gasteiger partial charge in [0.1, 0.15) is 11.8 Å². The fourth-order valence-electron chi connectivity index (χ4n) is 4.31. The molecule has 4 aromatic rings. The number of anilines is 1. The third kappa shape index (κ3) is 3.33. The van der Waals surface area contributed by atoms with Crippen LogP contribution < -0.4 is 5.32 Å². The predicted molar refractivity (Wildman–Crippen MR) is 114 cm³/mol. The van der Waals surface area contributed by atoms with Crippen molar-refractivity contribution >= 4 is 28.0 Å². The Labute approximate surface area is 169 Å². The predicted octanol–water partition coefficient (Wildman–Crippen LogP) is 4.86. The monoisotopic (exact) mass is 387 g/mol. The molecule has 6 heteroatoms. The molecule has 0 spiro atoms. The van der Waals surface area contributed by atoms with Crippen molar-refractivity contribution in [3.63, 3.8) is 0 Å². The Bertz CT molecular complexity index is 1170. The summed E-state index contributed by atoms with van der Waals surface area (Å²) >= 11 is 0. The van der Waals surface area contributed by atoms with Gasteiger partial charge >= 0.3 is 0 Å². The van der Waals surface area contributed by atoms with E-state index >= 15 is 0 Å². The van der Waals surface area contributed by atoms with Gasteiger partial charge in [0.2, 0.25) is 5.71 Å². The number of aromatic nitrogens is 4. The van der Waals surface area contributed by atoms with E-state index in [2.05, 4.69) is 34.1 Å². The fraction of sp³-hybridized carbons (Fsp3) is 0.391. The minimum Gasteiger partial charge on any atom is -0.432 e. The fourth-order valence-corrected chi connectivity index (χ4v) is 4.31. The van der Waals surface area contributed by atoms with Gasteiger partial charge in [0, 0.05) is 24.6 Å². The average Bonchev–Trinajstić information content (AvgIpc) is 3.12. The van der Waals surface area contributed by atoms with Crippen LogP contribution in [0.3, 0.4) is 0 Å². The number of pyridine rings is 2. The smallest absolute Gasteiger partial charge is 0.229 e. The lowest BCUT2D eigenvalue weighted by Gasteiger charge is -2.20. The quantitative estimate of drug-likeness (QED) is 0.527. The first-order chi connectivity index (χ1) is 14.2. The van der Waals surface area contributed by atoms with Gasteiger partial charge in [-0.3, -0.25) is 4.98 Å². The van der Waals surface area contributed by atoms with E-state index < -0.39 is 0 Å². The van der Waals surface area contributed by atoms with E-state index in [1.165, 1.54) is 29.7 Å². The molecule has 29 heavy (non-hydrogen) atoms. The lowest BCUT2D eigenvalue weighted by molar-refractivity contribution is 0.601. The summed E-state index contributed by atoms with van der Waals surface area (Å²) in [6.45, 7) is 5.13. The lowest BCUT2D eigenvalue weighted by atomic mass is 9.87. The van der Waals surface area contributed by atoms with E-state index in [1.807, 2.05) is 12.1 Å². The summed E-state index contributed by atoms with van der Waals surface area (Å²) in [4.78, 5) is 18.1. The number of hydrogen-bond acceptors (Lipinski definition) is 6. The van der Waals surface area contributed by atoms with Crippen LogP contribution in [0.5, 0.6) is 0 Å². The molecule has 1 aliphatic carbocycles. The van der Waals surface area contributed by atoms with Crippen molar-refractivity contribution in [3.8, 4) is 0 Å². The van der Waals surface area contributed by atoms with Crippen molar-refractivity contribution in [3.05, 3.63) is 53.2 Å². The van der Waals surface area contributed by atoms with Gasteiger partial charge < -0.3 is 9.73 Å². The molecule has 0 saturated heterocycles. The van der Waals surface area contributed by atoms with Gasteiger partial charge in [0.15, 0.2) is 11.4 Å². The largest absolute Gasteiger partial charge is 0.432 e. The number of nitrogens with zero attached hydrogens (tertiary/aromatic N) is 4. The summed E-state index contributed by atoms with van der Waals surface area (Å²) < 4.78 is 6.25. The number of furan rings is 1. The molecule has 1 N–H and O–H groups in total. The van der Waals surface area contributed by atoms with Crippen LogP contribution in [0.15, 0.2) is 35.3 Å². The van der Waals surface area contributed by atoms with Crippen LogP contribution in [0, 0.1) is 5.92 Å². The van der Waals surface area contributed by atoms with E-state index in [4.69, 9.17) is 9.40 Å². The molecule has 5 rings (SSSR count). The van der Waals surface area contributed by atoms with Crippen molar-refractivity contribution in [1.82, 2.24) is 19.9 Å². The molecule has 1 aliphatic rings. The number of aryl methyl sites for hydroxylation is 1. The van der Waals surface area contributed by atoms with Crippen LogP contribution in [0.25, 0.3) is 22.2 Å². The molecular weight excluding hydrogens is 362 g/mol. The number of fused-ring (bicyclic) bond motifs is 5. The van der Waals surface area contributed by atoms with Gasteiger partial charge in [-0.25, -0.2) is 15.0 Å². The van der Waals surface area contributed by atoms with E-state index in [0.717, 1.165) is 35.7 Å². The van der Waals surface area contributed by atoms with E-state index in [1.54, 1.807) is 18.7 Å². The SMILES string of the molecule is CC(C)Cc1nc2oc3c(NCc4ccncc4)ncnc3c2c2c1CCCC2. The van der Waals surface area contributed by atoms with E-state index in [-0.39, 0.29) is 0 Å². The zero-order valence-corrected chi connectivity index (χ0v) is 16.9. The minimum absolute atomic E-state index is 0.563. The highest BCUT2D eigenvalue weighted by Gasteiger charge is 2.24. The molecule has 0 aromatic carbocycles. The molecule has 148 valence electrons. The number of hydrogen-bond donors (Lipinski definition) is 1. The molecular formula is C23H25N5O. The molecule has 6 nitrogen and oxygen atoms in total. The van der Waals surface area contributed by atoms with Gasteiger partial charge in [-0.1, -0.05) is 13.8 Å². The van der Waals surface area contributed by atoms with Crippen LogP contribution in [0.1, 0.15) is 49.1 Å². The summed E-state index contributed by atoms with van der Waals surface area (Å²) in [5, 5.41) is 4.47. The molecule has 0 unspecified atom stereocenters. The number of nitrogens with one attached hydrogen (secondary N) is 1. The molecule has 0 amide bonds. The molecule has 0 radical (unpaired) electrons. The Morgan fingerprint density at radius 3 is 2.66 bits per heavy atom. The lowest BCUT2D eigenvalue weighted by Crippen LogP contribution is -2.11. The summed E-state index contributed by atoms with van der Waals surface area (Å²) in [6, 6.07) is 3.97. The highest BCUT2D eigenvalue weighted by molar-refractivity contribution is 6.06. The van der Waals surface area contributed by atoms with Gasteiger partial charge in [-0.2, -0.15) is 0 Å². The highest BCUT2D eigenvalue weighted by atomic mass is 16.3. The molecule has 0 saturated carbocycles. The first-order valence-corrected chi connectivity index (χ1v) is 10.4. The third-order valence-electron chi connectivity index (χ3n) is 5.62. The molecule has 0 bridgehead atoms. The van der Waals surface area contributed by atoms with Crippen LogP contribution >= 0.6 is 0 Å². The first kappa shape index (κ1) is 18.0. The molecule has 0 atom stereocenters. The van der Waals surface area contributed by atoms with Crippen molar-refractivity contribution < 1.29 is 4.42 Å². The second kappa shape index (κ2) is 7.43.